The molecule has 0 fully saturated rings. The Morgan fingerprint density at radius 3 is 2.43 bits per heavy atom. The molecule has 0 spiro atoms. The van der Waals surface area contributed by atoms with Gasteiger partial charge in [0.15, 0.2) is 0 Å². The highest BCUT2D eigenvalue weighted by Gasteiger charge is 1.97. The van der Waals surface area contributed by atoms with E-state index in [1.807, 2.05) is 0 Å². The summed E-state index contributed by atoms with van der Waals surface area (Å²) in [6, 6.07) is 12.5. The average Bonchev–Trinajstić information content (AvgIpc) is 2.72. The van der Waals surface area contributed by atoms with Crippen LogP contribution in [0.15, 0.2) is 41.8 Å². The maximum Gasteiger partial charge on any atom is 0.0471 e. The zero-order valence-electron chi connectivity index (χ0n) is 7.81. The molecule has 0 amide bonds. The van der Waals surface area contributed by atoms with Crippen LogP contribution in [0.25, 0.3) is 10.4 Å². The minimum Gasteiger partial charge on any atom is -0.396 e. The molecule has 0 aliphatic rings. The van der Waals surface area contributed by atoms with Crippen LogP contribution in [0.1, 0.15) is 5.56 Å². The summed E-state index contributed by atoms with van der Waals surface area (Å²) in [5.74, 6) is 0. The Morgan fingerprint density at radius 1 is 1.07 bits per heavy atom. The molecule has 14 heavy (non-hydrogen) atoms. The Labute approximate surface area is 87.7 Å². The van der Waals surface area contributed by atoms with E-state index < -0.39 is 0 Å². The Hall–Kier alpha value is -1.12. The van der Waals surface area contributed by atoms with Crippen LogP contribution in [0, 0.1) is 0 Å². The van der Waals surface area contributed by atoms with Crippen molar-refractivity contribution in [2.45, 2.75) is 6.42 Å². The molecule has 2 rings (SSSR count). The molecular weight excluding hydrogens is 192 g/mol. The van der Waals surface area contributed by atoms with Gasteiger partial charge in [0.25, 0.3) is 0 Å². The van der Waals surface area contributed by atoms with Gasteiger partial charge < -0.3 is 5.11 Å². The predicted molar refractivity (Wildman–Crippen MR) is 60.5 cm³/mol. The zero-order valence-corrected chi connectivity index (χ0v) is 8.63. The van der Waals surface area contributed by atoms with Gasteiger partial charge in [-0.25, -0.2) is 0 Å². The van der Waals surface area contributed by atoms with Gasteiger partial charge in [-0.3, -0.25) is 0 Å². The molecule has 1 aromatic heterocycles. The quantitative estimate of drug-likeness (QED) is 0.815. The van der Waals surface area contributed by atoms with Crippen molar-refractivity contribution in [3.63, 3.8) is 0 Å². The molecule has 0 atom stereocenters. The van der Waals surface area contributed by atoms with Crippen LogP contribution in [0.5, 0.6) is 0 Å². The highest BCUT2D eigenvalue weighted by Crippen LogP contribution is 2.24. The Kier molecular flexibility index (Phi) is 2.96. The van der Waals surface area contributed by atoms with Crippen LogP contribution < -0.4 is 0 Å². The molecule has 0 saturated heterocycles. The number of hydrogen-bond donors (Lipinski definition) is 1. The molecule has 0 aliphatic carbocycles. The number of benzene rings is 1. The van der Waals surface area contributed by atoms with E-state index in [1.54, 1.807) is 11.3 Å². The fourth-order valence-corrected chi connectivity index (χ4v) is 2.14. The van der Waals surface area contributed by atoms with Crippen LogP contribution in [0.4, 0.5) is 0 Å². The lowest BCUT2D eigenvalue weighted by Gasteiger charge is -2.00. The molecule has 1 heterocycles. The van der Waals surface area contributed by atoms with Crippen LogP contribution in [-0.2, 0) is 6.42 Å². The highest BCUT2D eigenvalue weighted by atomic mass is 32.1. The number of thiophene rings is 1. The summed E-state index contributed by atoms with van der Waals surface area (Å²) < 4.78 is 0. The molecule has 72 valence electrons. The van der Waals surface area contributed by atoms with Crippen molar-refractivity contribution in [2.24, 2.45) is 0 Å². The van der Waals surface area contributed by atoms with Gasteiger partial charge in [-0.2, -0.15) is 0 Å². The van der Waals surface area contributed by atoms with E-state index in [2.05, 4.69) is 41.8 Å². The largest absolute Gasteiger partial charge is 0.396 e. The Morgan fingerprint density at radius 2 is 1.86 bits per heavy atom. The summed E-state index contributed by atoms with van der Waals surface area (Å²) in [6.07, 6.45) is 0.741. The first-order valence-electron chi connectivity index (χ1n) is 4.64. The maximum atomic E-state index is 8.78. The summed E-state index contributed by atoms with van der Waals surface area (Å²) in [5.41, 5.74) is 2.44. The zero-order chi connectivity index (χ0) is 9.80. The van der Waals surface area contributed by atoms with E-state index in [0.717, 1.165) is 6.42 Å². The van der Waals surface area contributed by atoms with E-state index >= 15 is 0 Å². The predicted octanol–water partition coefficient (Wildman–Crippen LogP) is 2.95. The van der Waals surface area contributed by atoms with E-state index in [9.17, 15) is 0 Å². The summed E-state index contributed by atoms with van der Waals surface area (Å²) in [6.45, 7) is 0.221. The number of aliphatic hydroxyl groups is 1. The molecule has 1 nitrogen and oxygen atoms in total. The van der Waals surface area contributed by atoms with Gasteiger partial charge in [-0.15, -0.1) is 11.3 Å². The van der Waals surface area contributed by atoms with Crippen molar-refractivity contribution in [3.05, 3.63) is 47.3 Å². The highest BCUT2D eigenvalue weighted by molar-refractivity contribution is 7.13. The van der Waals surface area contributed by atoms with E-state index in [0.29, 0.717) is 0 Å². The third-order valence-corrected chi connectivity index (χ3v) is 3.08. The van der Waals surface area contributed by atoms with Crippen LogP contribution >= 0.6 is 11.3 Å². The molecule has 0 unspecified atom stereocenters. The fourth-order valence-electron chi connectivity index (χ4n) is 1.41. The van der Waals surface area contributed by atoms with Crippen LogP contribution in [-0.4, -0.2) is 11.7 Å². The molecule has 0 bridgehead atoms. The second kappa shape index (κ2) is 4.40. The van der Waals surface area contributed by atoms with Gasteiger partial charge in [0.1, 0.15) is 0 Å². The van der Waals surface area contributed by atoms with Gasteiger partial charge in [-0.05, 0) is 29.0 Å². The summed E-state index contributed by atoms with van der Waals surface area (Å²) in [7, 11) is 0. The summed E-state index contributed by atoms with van der Waals surface area (Å²) in [5, 5.41) is 10.9. The topological polar surface area (TPSA) is 20.2 Å². The first-order valence-corrected chi connectivity index (χ1v) is 5.52. The van der Waals surface area contributed by atoms with Gasteiger partial charge >= 0.3 is 0 Å². The van der Waals surface area contributed by atoms with Crippen molar-refractivity contribution in [1.29, 1.82) is 0 Å². The smallest absolute Gasteiger partial charge is 0.0471 e. The molecule has 2 aromatic rings. The lowest BCUT2D eigenvalue weighted by Crippen LogP contribution is -1.89. The molecule has 0 radical (unpaired) electrons. The third-order valence-electron chi connectivity index (χ3n) is 2.16. The van der Waals surface area contributed by atoms with Crippen molar-refractivity contribution in [3.8, 4) is 10.4 Å². The van der Waals surface area contributed by atoms with Gasteiger partial charge in [-0.1, -0.05) is 30.3 Å². The lowest BCUT2D eigenvalue weighted by atomic mass is 10.1. The van der Waals surface area contributed by atoms with Crippen molar-refractivity contribution >= 4 is 11.3 Å². The van der Waals surface area contributed by atoms with Crippen molar-refractivity contribution in [1.82, 2.24) is 0 Å². The van der Waals surface area contributed by atoms with Gasteiger partial charge in [0.2, 0.25) is 0 Å². The molecule has 0 saturated carbocycles. The lowest BCUT2D eigenvalue weighted by molar-refractivity contribution is 0.299. The Balaban J connectivity index is 2.22. The van der Waals surface area contributed by atoms with Crippen molar-refractivity contribution in [2.75, 3.05) is 6.61 Å². The second-order valence-corrected chi connectivity index (χ2v) is 4.10. The molecule has 0 aliphatic heterocycles. The first kappa shape index (κ1) is 9.44. The number of rotatable bonds is 3. The minimum absolute atomic E-state index is 0.221. The maximum absolute atomic E-state index is 8.78. The average molecular weight is 204 g/mol. The normalized spacial score (nSPS) is 10.4. The fraction of sp³-hybridized carbons (Fsp3) is 0.167. The number of hydrogen-bond acceptors (Lipinski definition) is 2. The summed E-state index contributed by atoms with van der Waals surface area (Å²) >= 11 is 1.75. The minimum atomic E-state index is 0.221. The molecule has 1 N–H and O–H groups in total. The van der Waals surface area contributed by atoms with E-state index in [4.69, 9.17) is 5.11 Å². The van der Waals surface area contributed by atoms with Crippen molar-refractivity contribution < 1.29 is 5.11 Å². The third kappa shape index (κ3) is 2.03. The van der Waals surface area contributed by atoms with E-state index in [-0.39, 0.29) is 6.61 Å². The van der Waals surface area contributed by atoms with Crippen LogP contribution in [0.3, 0.4) is 0 Å². The van der Waals surface area contributed by atoms with Crippen LogP contribution in [0.2, 0.25) is 0 Å². The SMILES string of the molecule is OCCc1ccc(-c2cccs2)cc1. The number of aliphatic hydroxyl groups excluding tert-OH is 1. The summed E-state index contributed by atoms with van der Waals surface area (Å²) in [4.78, 5) is 1.29. The molecule has 2 heteroatoms. The molecular formula is C12H12OS. The van der Waals surface area contributed by atoms with Gasteiger partial charge in [0.05, 0.1) is 0 Å². The Bertz CT molecular complexity index is 375. The standard InChI is InChI=1S/C12H12OS/c13-8-7-10-3-5-11(6-4-10)12-2-1-9-14-12/h1-6,9,13H,7-8H2. The van der Waals surface area contributed by atoms with Gasteiger partial charge in [0, 0.05) is 11.5 Å². The van der Waals surface area contributed by atoms with E-state index in [1.165, 1.54) is 16.0 Å². The monoisotopic (exact) mass is 204 g/mol. The molecule has 1 aromatic carbocycles. The second-order valence-electron chi connectivity index (χ2n) is 3.15. The first-order chi connectivity index (χ1) is 6.90.